The van der Waals surface area contributed by atoms with E-state index in [-0.39, 0.29) is 38.7 Å². The highest BCUT2D eigenvalue weighted by molar-refractivity contribution is 7.62. The summed E-state index contributed by atoms with van der Waals surface area (Å²) in [6.07, 6.45) is -0.956. The molecule has 0 aliphatic carbocycles. The summed E-state index contributed by atoms with van der Waals surface area (Å²) in [4.78, 5) is 43.5. The van der Waals surface area contributed by atoms with E-state index in [9.17, 15) is 23.3 Å². The molecule has 1 aliphatic rings. The molecule has 1 heterocycles. The van der Waals surface area contributed by atoms with Crippen LogP contribution in [0.15, 0.2) is 42.5 Å². The molecule has 0 radical (unpaired) electrons. The Labute approximate surface area is 307 Å². The minimum Gasteiger partial charge on any atom is -0.459 e. The summed E-state index contributed by atoms with van der Waals surface area (Å²) >= 11 is 6.12. The molecule has 0 N–H and O–H groups in total. The van der Waals surface area contributed by atoms with Crippen molar-refractivity contribution in [2.24, 2.45) is 0 Å². The van der Waals surface area contributed by atoms with Gasteiger partial charge in [0.1, 0.15) is 22.6 Å². The maximum Gasteiger partial charge on any atom is 0.419 e. The van der Waals surface area contributed by atoms with Gasteiger partial charge in [0.2, 0.25) is 7.37 Å². The molecule has 3 rings (SSSR count). The number of halogens is 2. The summed E-state index contributed by atoms with van der Waals surface area (Å²) in [5, 5.41) is -1.00. The van der Waals surface area contributed by atoms with Gasteiger partial charge in [0.05, 0.1) is 6.61 Å². The lowest BCUT2D eigenvalue weighted by Crippen LogP contribution is -2.56. The number of hydrogen-bond donors (Lipinski definition) is 0. The largest absolute Gasteiger partial charge is 0.459 e. The Bertz CT molecular complexity index is 1550. The van der Waals surface area contributed by atoms with Gasteiger partial charge >= 0.3 is 18.2 Å². The quantitative estimate of drug-likeness (QED) is 0.0959. The molecule has 1 unspecified atom stereocenters. The minimum atomic E-state index is -3.67. The summed E-state index contributed by atoms with van der Waals surface area (Å²) in [5.74, 6) is -1.03. The molecule has 0 aromatic heterocycles. The smallest absolute Gasteiger partial charge is 0.419 e. The first-order valence-electron chi connectivity index (χ1n) is 17.4. The van der Waals surface area contributed by atoms with Crippen molar-refractivity contribution >= 4 is 37.1 Å². The monoisotopic (exact) mass is 752 g/mol. The van der Waals surface area contributed by atoms with Gasteiger partial charge in [0.15, 0.2) is 5.16 Å². The van der Waals surface area contributed by atoms with Crippen LogP contribution in [0.5, 0.6) is 0 Å². The number of nitrogens with zero attached hydrogens (tertiary/aromatic N) is 2. The first-order valence-corrected chi connectivity index (χ1v) is 19.6. The Morgan fingerprint density at radius 2 is 1.45 bits per heavy atom. The van der Waals surface area contributed by atoms with Crippen molar-refractivity contribution in [2.75, 3.05) is 32.4 Å². The average molecular weight is 753 g/mol. The van der Waals surface area contributed by atoms with Gasteiger partial charge in [-0.2, -0.15) is 0 Å². The fraction of sp³-hybridized carbons (Fsp3) is 0.605. The highest BCUT2D eigenvalue weighted by atomic mass is 35.5. The van der Waals surface area contributed by atoms with Crippen molar-refractivity contribution in [3.63, 3.8) is 0 Å². The van der Waals surface area contributed by atoms with Crippen LogP contribution in [0.3, 0.4) is 0 Å². The maximum absolute atomic E-state index is 14.9. The molecule has 0 bridgehead atoms. The van der Waals surface area contributed by atoms with Crippen molar-refractivity contribution in [3.05, 3.63) is 58.9 Å². The van der Waals surface area contributed by atoms with Crippen molar-refractivity contribution in [1.82, 2.24) is 9.80 Å². The number of hydrogen-bond acceptors (Lipinski definition) is 9. The summed E-state index contributed by atoms with van der Waals surface area (Å²) in [6, 6.07) is 11.7. The van der Waals surface area contributed by atoms with E-state index in [0.29, 0.717) is 30.1 Å². The van der Waals surface area contributed by atoms with Gasteiger partial charge in [-0.3, -0.25) is 14.3 Å². The Hall–Kier alpha value is -2.98. The number of benzene rings is 2. The van der Waals surface area contributed by atoms with Gasteiger partial charge in [0.25, 0.3) is 0 Å². The lowest BCUT2D eigenvalue weighted by molar-refractivity contribution is -0.160. The van der Waals surface area contributed by atoms with Crippen molar-refractivity contribution in [1.29, 1.82) is 0 Å². The zero-order valence-corrected chi connectivity index (χ0v) is 33.4. The molecule has 51 heavy (non-hydrogen) atoms. The molecule has 1 aliphatic heterocycles. The summed E-state index contributed by atoms with van der Waals surface area (Å²) in [5.41, 5.74) is -0.319. The van der Waals surface area contributed by atoms with E-state index >= 15 is 0 Å². The molecule has 13 heteroatoms. The molecule has 0 spiro atoms. The highest BCUT2D eigenvalue weighted by Crippen LogP contribution is 2.64. The van der Waals surface area contributed by atoms with Gasteiger partial charge in [-0.1, -0.05) is 29.8 Å². The fourth-order valence-corrected chi connectivity index (χ4v) is 9.04. The molecule has 2 aromatic carbocycles. The Morgan fingerprint density at radius 3 is 1.98 bits per heavy atom. The van der Waals surface area contributed by atoms with Crippen LogP contribution in [-0.2, 0) is 34.6 Å². The van der Waals surface area contributed by atoms with Crippen LogP contribution in [0.1, 0.15) is 94.1 Å². The summed E-state index contributed by atoms with van der Waals surface area (Å²) < 4.78 is 52.4. The second-order valence-electron chi connectivity index (χ2n) is 15.9. The van der Waals surface area contributed by atoms with Crippen molar-refractivity contribution in [2.45, 2.75) is 117 Å². The van der Waals surface area contributed by atoms with E-state index in [2.05, 4.69) is 0 Å². The molecule has 2 aromatic rings. The molecule has 284 valence electrons. The average Bonchev–Trinajstić information content (AvgIpc) is 2.97. The van der Waals surface area contributed by atoms with E-state index in [1.807, 2.05) is 17.0 Å². The molecular weight excluding hydrogens is 698 g/mol. The maximum atomic E-state index is 14.9. The molecule has 0 saturated carbocycles. The Kier molecular flexibility index (Phi) is 14.0. The van der Waals surface area contributed by atoms with Gasteiger partial charge in [0, 0.05) is 37.4 Å². The molecule has 2 amide bonds. The first-order chi connectivity index (χ1) is 23.5. The lowest BCUT2D eigenvalue weighted by atomic mass is 9.96. The third-order valence-electron chi connectivity index (χ3n) is 8.04. The fourth-order valence-electron chi connectivity index (χ4n) is 5.91. The van der Waals surface area contributed by atoms with Crippen LogP contribution in [0, 0.1) is 5.82 Å². The van der Waals surface area contributed by atoms with E-state index in [1.165, 1.54) is 12.1 Å². The van der Waals surface area contributed by atoms with Crippen LogP contribution < -0.4 is 0 Å². The normalized spacial score (nSPS) is 20.1. The Morgan fingerprint density at radius 1 is 0.882 bits per heavy atom. The van der Waals surface area contributed by atoms with E-state index in [1.54, 1.807) is 87.4 Å². The van der Waals surface area contributed by atoms with E-state index < -0.39 is 53.3 Å². The van der Waals surface area contributed by atoms with Crippen LogP contribution in [0.2, 0.25) is 5.02 Å². The molecular formula is C38H55ClFN2O8P. The number of unbranched alkanes of at least 4 members (excludes halogenated alkanes) is 1. The van der Waals surface area contributed by atoms with E-state index in [0.717, 1.165) is 16.0 Å². The number of carbonyl (C=O) groups is 3. The van der Waals surface area contributed by atoms with Crippen LogP contribution in [0.4, 0.5) is 14.0 Å². The molecule has 10 nitrogen and oxygen atoms in total. The predicted molar refractivity (Wildman–Crippen MR) is 198 cm³/mol. The zero-order valence-electron chi connectivity index (χ0n) is 31.8. The van der Waals surface area contributed by atoms with Gasteiger partial charge in [-0.25, -0.2) is 18.9 Å². The first kappa shape index (κ1) is 42.4. The SMILES string of the molecule is CCOP1(=O)CCN(Cc2ccc(F)cc2-c2ccc(Cl)cc2)C[C@@]1(CCCCN(C(=O)OC(C)(C)C)C(=O)OC(C)(C)C)C(=O)OC(C)(C)C. The molecule has 1 fully saturated rings. The van der Waals surface area contributed by atoms with Crippen LogP contribution >= 0.6 is 19.0 Å². The van der Waals surface area contributed by atoms with Crippen LogP contribution in [0.25, 0.3) is 11.1 Å². The third kappa shape index (κ3) is 12.0. The van der Waals surface area contributed by atoms with Gasteiger partial charge in [-0.05, 0) is 129 Å². The van der Waals surface area contributed by atoms with E-state index in [4.69, 9.17) is 30.3 Å². The second-order valence-corrected chi connectivity index (χ2v) is 19.3. The number of imide groups is 1. The summed E-state index contributed by atoms with van der Waals surface area (Å²) in [6.45, 7) is 18.0. The number of esters is 1. The number of carbonyl (C=O) groups excluding carboxylic acids is 3. The zero-order chi connectivity index (χ0) is 38.4. The van der Waals surface area contributed by atoms with Crippen molar-refractivity contribution < 1.29 is 42.1 Å². The Balaban J connectivity index is 1.97. The number of amides is 2. The number of rotatable bonds is 11. The second kappa shape index (κ2) is 16.8. The van der Waals surface area contributed by atoms with Gasteiger partial charge < -0.3 is 18.7 Å². The lowest BCUT2D eigenvalue weighted by Gasteiger charge is -2.46. The predicted octanol–water partition coefficient (Wildman–Crippen LogP) is 9.70. The van der Waals surface area contributed by atoms with Crippen molar-refractivity contribution in [3.8, 4) is 11.1 Å². The highest BCUT2D eigenvalue weighted by Gasteiger charge is 2.59. The van der Waals surface area contributed by atoms with Gasteiger partial charge in [-0.15, -0.1) is 0 Å². The molecule has 2 atom stereocenters. The van der Waals surface area contributed by atoms with Crippen LogP contribution in [-0.4, -0.2) is 82.3 Å². The standard InChI is InChI=1S/C38H55ClFN2O8P/c1-11-47-51(46)23-22-41(25-28-16-19-30(40)24-31(28)27-14-17-29(39)18-15-27)26-38(51,32(43)48-35(2,3)4)20-12-13-21-42(33(44)49-36(5,6)7)34(45)50-37(8,9)10/h14-19,24H,11-13,20-23,25-26H2,1-10H3/t38-,51?/m0/s1. The summed E-state index contributed by atoms with van der Waals surface area (Å²) in [7, 11) is -3.67. The third-order valence-corrected chi connectivity index (χ3v) is 11.6. The number of ether oxygens (including phenoxy) is 3. The molecule has 1 saturated heterocycles. The topological polar surface area (TPSA) is 112 Å². The minimum absolute atomic E-state index is 0.0540.